The third kappa shape index (κ3) is 4.91. The zero-order valence-electron chi connectivity index (χ0n) is 9.26. The molecule has 0 radical (unpaired) electrons. The lowest BCUT2D eigenvalue weighted by Crippen LogP contribution is -2.21. The van der Waals surface area contributed by atoms with Gasteiger partial charge in [-0.2, -0.15) is 0 Å². The summed E-state index contributed by atoms with van der Waals surface area (Å²) in [5.74, 6) is -0.956. The molecule has 4 nitrogen and oxygen atoms in total. The smallest absolute Gasteiger partial charge is 0.332 e. The van der Waals surface area contributed by atoms with Crippen LogP contribution in [0, 0.1) is 0 Å². The zero-order chi connectivity index (χ0) is 11.8. The molecule has 0 unspecified atom stereocenters. The molecular formula is C12H16O4. The van der Waals surface area contributed by atoms with Crippen molar-refractivity contribution in [1.82, 2.24) is 0 Å². The molecule has 0 bridgehead atoms. The van der Waals surface area contributed by atoms with Crippen molar-refractivity contribution in [2.45, 2.75) is 19.6 Å². The van der Waals surface area contributed by atoms with Gasteiger partial charge in [0.2, 0.25) is 0 Å². The van der Waals surface area contributed by atoms with Crippen LogP contribution in [0.5, 0.6) is 0 Å². The van der Waals surface area contributed by atoms with Gasteiger partial charge in [-0.15, -0.1) is 0 Å². The SMILES string of the molecule is C[C@H](OCCOCc1ccccc1)C(=O)O. The van der Waals surface area contributed by atoms with Crippen LogP contribution >= 0.6 is 0 Å². The highest BCUT2D eigenvalue weighted by Crippen LogP contribution is 2.00. The molecule has 1 N–H and O–H groups in total. The van der Waals surface area contributed by atoms with Crippen LogP contribution in [0.2, 0.25) is 0 Å². The highest BCUT2D eigenvalue weighted by Gasteiger charge is 2.09. The summed E-state index contributed by atoms with van der Waals surface area (Å²) in [5, 5.41) is 8.55. The standard InChI is InChI=1S/C12H16O4/c1-10(12(13)14)16-8-7-15-9-11-5-3-2-4-6-11/h2-6,10H,7-9H2,1H3,(H,13,14)/t10-/m0/s1. The van der Waals surface area contributed by atoms with Crippen LogP contribution in [-0.4, -0.2) is 30.4 Å². The minimum atomic E-state index is -0.956. The Hall–Kier alpha value is -1.39. The van der Waals surface area contributed by atoms with E-state index >= 15 is 0 Å². The Bertz CT molecular complexity index is 310. The molecule has 16 heavy (non-hydrogen) atoms. The average Bonchev–Trinajstić information content (AvgIpc) is 2.29. The molecule has 1 rings (SSSR count). The summed E-state index contributed by atoms with van der Waals surface area (Å²) >= 11 is 0. The second kappa shape index (κ2) is 6.98. The molecule has 88 valence electrons. The van der Waals surface area contributed by atoms with Gasteiger partial charge in [-0.3, -0.25) is 0 Å². The first kappa shape index (κ1) is 12.7. The first-order valence-corrected chi connectivity index (χ1v) is 5.16. The van der Waals surface area contributed by atoms with Gasteiger partial charge >= 0.3 is 5.97 Å². The molecule has 0 spiro atoms. The quantitative estimate of drug-likeness (QED) is 0.716. The van der Waals surface area contributed by atoms with Crippen molar-refractivity contribution in [1.29, 1.82) is 0 Å². The molecule has 0 aliphatic rings. The lowest BCUT2D eigenvalue weighted by Gasteiger charge is -2.08. The second-order valence-corrected chi connectivity index (χ2v) is 3.39. The Morgan fingerprint density at radius 2 is 2.00 bits per heavy atom. The fraction of sp³-hybridized carbons (Fsp3) is 0.417. The number of hydrogen-bond acceptors (Lipinski definition) is 3. The van der Waals surface area contributed by atoms with Gasteiger partial charge in [-0.1, -0.05) is 30.3 Å². The Labute approximate surface area is 94.8 Å². The molecule has 0 fully saturated rings. The number of rotatable bonds is 7. The second-order valence-electron chi connectivity index (χ2n) is 3.39. The lowest BCUT2D eigenvalue weighted by molar-refractivity contribution is -0.150. The molecular weight excluding hydrogens is 208 g/mol. The van der Waals surface area contributed by atoms with E-state index < -0.39 is 12.1 Å². The third-order valence-electron chi connectivity index (χ3n) is 2.05. The van der Waals surface area contributed by atoms with E-state index in [1.807, 2.05) is 30.3 Å². The topological polar surface area (TPSA) is 55.8 Å². The number of hydrogen-bond donors (Lipinski definition) is 1. The number of ether oxygens (including phenoxy) is 2. The summed E-state index contributed by atoms with van der Waals surface area (Å²) in [6.45, 7) is 2.71. The van der Waals surface area contributed by atoms with Gasteiger partial charge in [0.05, 0.1) is 19.8 Å². The Morgan fingerprint density at radius 3 is 2.62 bits per heavy atom. The van der Waals surface area contributed by atoms with Crippen molar-refractivity contribution < 1.29 is 19.4 Å². The Balaban J connectivity index is 2.07. The molecule has 0 aliphatic carbocycles. The fourth-order valence-corrected chi connectivity index (χ4v) is 1.12. The molecule has 1 atom stereocenters. The molecule has 4 heteroatoms. The van der Waals surface area contributed by atoms with E-state index in [0.29, 0.717) is 19.8 Å². The molecule has 1 aromatic carbocycles. The van der Waals surface area contributed by atoms with E-state index in [2.05, 4.69) is 0 Å². The Morgan fingerprint density at radius 1 is 1.31 bits per heavy atom. The van der Waals surface area contributed by atoms with Crippen LogP contribution < -0.4 is 0 Å². The van der Waals surface area contributed by atoms with E-state index in [1.165, 1.54) is 6.92 Å². The van der Waals surface area contributed by atoms with Crippen LogP contribution in [0.15, 0.2) is 30.3 Å². The normalized spacial score (nSPS) is 12.3. The maximum Gasteiger partial charge on any atom is 0.332 e. The monoisotopic (exact) mass is 224 g/mol. The predicted molar refractivity (Wildman–Crippen MR) is 59.1 cm³/mol. The fourth-order valence-electron chi connectivity index (χ4n) is 1.12. The van der Waals surface area contributed by atoms with E-state index in [9.17, 15) is 4.79 Å². The van der Waals surface area contributed by atoms with Gasteiger partial charge in [0, 0.05) is 0 Å². The molecule has 1 aromatic rings. The summed E-state index contributed by atoms with van der Waals surface area (Å²) < 4.78 is 10.3. The predicted octanol–water partition coefficient (Wildman–Crippen LogP) is 1.69. The minimum Gasteiger partial charge on any atom is -0.479 e. The van der Waals surface area contributed by atoms with E-state index in [-0.39, 0.29) is 0 Å². The third-order valence-corrected chi connectivity index (χ3v) is 2.05. The van der Waals surface area contributed by atoms with Gasteiger partial charge in [0.25, 0.3) is 0 Å². The zero-order valence-corrected chi connectivity index (χ0v) is 9.26. The molecule has 0 aliphatic heterocycles. The van der Waals surface area contributed by atoms with E-state index in [0.717, 1.165) is 5.56 Å². The summed E-state index contributed by atoms with van der Waals surface area (Å²) in [4.78, 5) is 10.4. The van der Waals surface area contributed by atoms with Crippen molar-refractivity contribution in [2.75, 3.05) is 13.2 Å². The van der Waals surface area contributed by atoms with Crippen molar-refractivity contribution in [3.8, 4) is 0 Å². The number of carbonyl (C=O) groups is 1. The first-order valence-electron chi connectivity index (χ1n) is 5.16. The summed E-state index contributed by atoms with van der Waals surface area (Å²) in [5.41, 5.74) is 1.09. The first-order chi connectivity index (χ1) is 7.70. The van der Waals surface area contributed by atoms with E-state index in [1.54, 1.807) is 0 Å². The van der Waals surface area contributed by atoms with Gasteiger partial charge in [-0.05, 0) is 12.5 Å². The maximum atomic E-state index is 10.4. The van der Waals surface area contributed by atoms with Crippen molar-refractivity contribution in [2.24, 2.45) is 0 Å². The highest BCUT2D eigenvalue weighted by molar-refractivity contribution is 5.71. The van der Waals surface area contributed by atoms with Crippen molar-refractivity contribution in [3.63, 3.8) is 0 Å². The minimum absolute atomic E-state index is 0.292. The van der Waals surface area contributed by atoms with Crippen LogP contribution in [-0.2, 0) is 20.9 Å². The van der Waals surface area contributed by atoms with Crippen LogP contribution in [0.1, 0.15) is 12.5 Å². The van der Waals surface area contributed by atoms with Crippen molar-refractivity contribution >= 4 is 5.97 Å². The van der Waals surface area contributed by atoms with Gasteiger partial charge in [-0.25, -0.2) is 4.79 Å². The Kier molecular flexibility index (Phi) is 5.53. The summed E-state index contributed by atoms with van der Waals surface area (Å²) in [7, 11) is 0. The van der Waals surface area contributed by atoms with Crippen LogP contribution in [0.3, 0.4) is 0 Å². The number of benzene rings is 1. The average molecular weight is 224 g/mol. The molecule has 0 saturated heterocycles. The van der Waals surface area contributed by atoms with Crippen LogP contribution in [0.4, 0.5) is 0 Å². The highest BCUT2D eigenvalue weighted by atomic mass is 16.5. The maximum absolute atomic E-state index is 10.4. The van der Waals surface area contributed by atoms with Gasteiger partial charge in [0.15, 0.2) is 6.10 Å². The van der Waals surface area contributed by atoms with Gasteiger partial charge < -0.3 is 14.6 Å². The largest absolute Gasteiger partial charge is 0.479 e. The number of carboxylic acid groups (broad SMARTS) is 1. The summed E-state index contributed by atoms with van der Waals surface area (Å²) in [6.07, 6.45) is -0.777. The molecule has 0 saturated carbocycles. The molecule has 0 aromatic heterocycles. The molecule has 0 heterocycles. The number of carboxylic acids is 1. The van der Waals surface area contributed by atoms with E-state index in [4.69, 9.17) is 14.6 Å². The number of aliphatic carboxylic acids is 1. The lowest BCUT2D eigenvalue weighted by atomic mass is 10.2. The van der Waals surface area contributed by atoms with Crippen LogP contribution in [0.25, 0.3) is 0 Å². The summed E-state index contributed by atoms with van der Waals surface area (Å²) in [6, 6.07) is 9.78. The molecule has 0 amide bonds. The van der Waals surface area contributed by atoms with Gasteiger partial charge in [0.1, 0.15) is 0 Å². The van der Waals surface area contributed by atoms with Crippen molar-refractivity contribution in [3.05, 3.63) is 35.9 Å².